The highest BCUT2D eigenvalue weighted by Crippen LogP contribution is 2.27. The summed E-state index contributed by atoms with van der Waals surface area (Å²) in [5.74, 6) is 0.267. The molecule has 1 fully saturated rings. The molecule has 1 aliphatic carbocycles. The van der Waals surface area contributed by atoms with Gasteiger partial charge in [-0.1, -0.05) is 12.8 Å². The SMILES string of the molecule is CN(CC(C)(C)O)C(=O)CNC(=O)CC1CCCC1. The van der Waals surface area contributed by atoms with Crippen molar-refractivity contribution < 1.29 is 14.7 Å². The molecule has 0 aromatic rings. The van der Waals surface area contributed by atoms with Gasteiger partial charge in [0.1, 0.15) is 0 Å². The highest BCUT2D eigenvalue weighted by molar-refractivity contribution is 5.84. The van der Waals surface area contributed by atoms with Crippen molar-refractivity contribution in [2.45, 2.75) is 51.6 Å². The van der Waals surface area contributed by atoms with Gasteiger partial charge in [0.2, 0.25) is 11.8 Å². The lowest BCUT2D eigenvalue weighted by molar-refractivity contribution is -0.134. The second kappa shape index (κ2) is 6.89. The van der Waals surface area contributed by atoms with E-state index in [4.69, 9.17) is 0 Å². The van der Waals surface area contributed by atoms with Crippen LogP contribution in [0.25, 0.3) is 0 Å². The quantitative estimate of drug-likeness (QED) is 0.754. The molecule has 0 radical (unpaired) electrons. The van der Waals surface area contributed by atoms with E-state index in [0.29, 0.717) is 12.3 Å². The fourth-order valence-electron chi connectivity index (χ4n) is 2.53. The monoisotopic (exact) mass is 270 g/mol. The Morgan fingerprint density at radius 3 is 2.42 bits per heavy atom. The summed E-state index contributed by atoms with van der Waals surface area (Å²) in [5.41, 5.74) is -0.918. The third-order valence-corrected chi connectivity index (χ3v) is 3.44. The van der Waals surface area contributed by atoms with Crippen molar-refractivity contribution in [3.05, 3.63) is 0 Å². The summed E-state index contributed by atoms with van der Waals surface area (Å²) in [4.78, 5) is 24.9. The van der Waals surface area contributed by atoms with Crippen molar-refractivity contribution in [2.24, 2.45) is 5.92 Å². The van der Waals surface area contributed by atoms with Crippen molar-refractivity contribution in [1.29, 1.82) is 0 Å². The van der Waals surface area contributed by atoms with Gasteiger partial charge in [-0.3, -0.25) is 9.59 Å². The molecular formula is C14H26N2O3. The third kappa shape index (κ3) is 6.57. The van der Waals surface area contributed by atoms with E-state index >= 15 is 0 Å². The molecule has 1 saturated carbocycles. The second-order valence-corrected chi connectivity index (χ2v) is 6.19. The Labute approximate surface area is 115 Å². The van der Waals surface area contributed by atoms with E-state index in [-0.39, 0.29) is 24.9 Å². The van der Waals surface area contributed by atoms with Gasteiger partial charge >= 0.3 is 0 Å². The molecule has 2 amide bonds. The summed E-state index contributed by atoms with van der Waals surface area (Å²) in [6.07, 6.45) is 5.21. The van der Waals surface area contributed by atoms with E-state index in [9.17, 15) is 14.7 Å². The number of nitrogens with one attached hydrogen (secondary N) is 1. The Hall–Kier alpha value is -1.10. The molecule has 110 valence electrons. The zero-order valence-corrected chi connectivity index (χ0v) is 12.2. The number of likely N-dealkylation sites (N-methyl/N-ethyl adjacent to an activating group) is 1. The number of nitrogens with zero attached hydrogens (tertiary/aromatic N) is 1. The molecular weight excluding hydrogens is 244 g/mol. The molecule has 0 unspecified atom stereocenters. The maximum Gasteiger partial charge on any atom is 0.241 e. The van der Waals surface area contributed by atoms with Crippen LogP contribution in [-0.2, 0) is 9.59 Å². The van der Waals surface area contributed by atoms with Crippen LogP contribution >= 0.6 is 0 Å². The van der Waals surface area contributed by atoms with E-state index < -0.39 is 5.60 Å². The predicted octanol–water partition coefficient (Wildman–Crippen LogP) is 0.912. The van der Waals surface area contributed by atoms with Crippen LogP contribution in [0.3, 0.4) is 0 Å². The molecule has 0 heterocycles. The average Bonchev–Trinajstić information content (AvgIpc) is 2.76. The molecule has 0 aromatic carbocycles. The summed E-state index contributed by atoms with van der Waals surface area (Å²) < 4.78 is 0. The molecule has 0 bridgehead atoms. The lowest BCUT2D eigenvalue weighted by Gasteiger charge is -2.25. The fourth-order valence-corrected chi connectivity index (χ4v) is 2.53. The van der Waals surface area contributed by atoms with Crippen molar-refractivity contribution in [2.75, 3.05) is 20.1 Å². The first kappa shape index (κ1) is 16.0. The molecule has 1 rings (SSSR count). The third-order valence-electron chi connectivity index (χ3n) is 3.44. The van der Waals surface area contributed by atoms with Crippen LogP contribution in [0, 0.1) is 5.92 Å². The van der Waals surface area contributed by atoms with E-state index in [1.54, 1.807) is 20.9 Å². The maximum atomic E-state index is 11.8. The zero-order chi connectivity index (χ0) is 14.5. The summed E-state index contributed by atoms with van der Waals surface area (Å²) in [6.45, 7) is 3.56. The molecule has 0 atom stereocenters. The molecule has 0 spiro atoms. The van der Waals surface area contributed by atoms with Gasteiger partial charge in [0.15, 0.2) is 0 Å². The first-order valence-electron chi connectivity index (χ1n) is 7.01. The van der Waals surface area contributed by atoms with Crippen molar-refractivity contribution in [3.8, 4) is 0 Å². The molecule has 0 aliphatic heterocycles. The highest BCUT2D eigenvalue weighted by atomic mass is 16.3. The van der Waals surface area contributed by atoms with Gasteiger partial charge in [0.05, 0.1) is 12.1 Å². The molecule has 19 heavy (non-hydrogen) atoms. The van der Waals surface area contributed by atoms with Crippen LogP contribution in [0.1, 0.15) is 46.0 Å². The number of amides is 2. The standard InChI is InChI=1S/C14H26N2O3/c1-14(2,19)10-16(3)13(18)9-15-12(17)8-11-6-4-5-7-11/h11,19H,4-10H2,1-3H3,(H,15,17). The first-order valence-corrected chi connectivity index (χ1v) is 7.01. The van der Waals surface area contributed by atoms with Crippen LogP contribution in [0.2, 0.25) is 0 Å². The Balaban J connectivity index is 2.23. The number of rotatable bonds is 6. The number of hydrogen-bond acceptors (Lipinski definition) is 3. The summed E-state index contributed by atoms with van der Waals surface area (Å²) in [7, 11) is 1.63. The van der Waals surface area contributed by atoms with E-state index in [1.807, 2.05) is 0 Å². The van der Waals surface area contributed by atoms with Gasteiger partial charge in [-0.05, 0) is 32.6 Å². The molecule has 0 aromatic heterocycles. The van der Waals surface area contributed by atoms with Crippen LogP contribution in [0.15, 0.2) is 0 Å². The van der Waals surface area contributed by atoms with Gasteiger partial charge in [0.25, 0.3) is 0 Å². The summed E-state index contributed by atoms with van der Waals surface area (Å²) in [6, 6.07) is 0. The Morgan fingerprint density at radius 1 is 1.32 bits per heavy atom. The number of carbonyl (C=O) groups excluding carboxylic acids is 2. The minimum Gasteiger partial charge on any atom is -0.389 e. The second-order valence-electron chi connectivity index (χ2n) is 6.19. The van der Waals surface area contributed by atoms with Crippen molar-refractivity contribution in [3.63, 3.8) is 0 Å². The number of aliphatic hydroxyl groups is 1. The van der Waals surface area contributed by atoms with E-state index in [1.165, 1.54) is 17.7 Å². The normalized spacial score (nSPS) is 16.4. The fraction of sp³-hybridized carbons (Fsp3) is 0.857. The van der Waals surface area contributed by atoms with Gasteiger partial charge < -0.3 is 15.3 Å². The van der Waals surface area contributed by atoms with Gasteiger partial charge in [0, 0.05) is 20.0 Å². The molecule has 5 heteroatoms. The largest absolute Gasteiger partial charge is 0.389 e. The lowest BCUT2D eigenvalue weighted by atomic mass is 10.0. The van der Waals surface area contributed by atoms with Crippen LogP contribution in [0.5, 0.6) is 0 Å². The zero-order valence-electron chi connectivity index (χ0n) is 12.2. The highest BCUT2D eigenvalue weighted by Gasteiger charge is 2.21. The van der Waals surface area contributed by atoms with Crippen LogP contribution in [-0.4, -0.2) is 47.6 Å². The van der Waals surface area contributed by atoms with E-state index in [2.05, 4.69) is 5.32 Å². The van der Waals surface area contributed by atoms with E-state index in [0.717, 1.165) is 12.8 Å². The smallest absolute Gasteiger partial charge is 0.241 e. The summed E-state index contributed by atoms with van der Waals surface area (Å²) >= 11 is 0. The van der Waals surface area contributed by atoms with Crippen LogP contribution in [0.4, 0.5) is 0 Å². The maximum absolute atomic E-state index is 11.8. The Bertz CT molecular complexity index is 317. The predicted molar refractivity (Wildman–Crippen MR) is 73.5 cm³/mol. The molecule has 5 nitrogen and oxygen atoms in total. The van der Waals surface area contributed by atoms with Crippen molar-refractivity contribution >= 4 is 11.8 Å². The first-order chi connectivity index (χ1) is 8.78. The van der Waals surface area contributed by atoms with Gasteiger partial charge in [-0.15, -0.1) is 0 Å². The minimum absolute atomic E-state index is 0.0120. The van der Waals surface area contributed by atoms with Gasteiger partial charge in [-0.25, -0.2) is 0 Å². The molecule has 2 N–H and O–H groups in total. The van der Waals surface area contributed by atoms with Crippen LogP contribution < -0.4 is 5.32 Å². The molecule has 1 aliphatic rings. The van der Waals surface area contributed by atoms with Crippen molar-refractivity contribution in [1.82, 2.24) is 10.2 Å². The number of hydrogen-bond donors (Lipinski definition) is 2. The Morgan fingerprint density at radius 2 is 1.89 bits per heavy atom. The lowest BCUT2D eigenvalue weighted by Crippen LogP contribution is -2.44. The molecule has 0 saturated heterocycles. The topological polar surface area (TPSA) is 69.6 Å². The average molecular weight is 270 g/mol. The minimum atomic E-state index is -0.918. The summed E-state index contributed by atoms with van der Waals surface area (Å²) in [5, 5.41) is 12.3. The Kier molecular flexibility index (Phi) is 5.79. The number of carbonyl (C=O) groups is 2. The van der Waals surface area contributed by atoms with Gasteiger partial charge in [-0.2, -0.15) is 0 Å².